The second kappa shape index (κ2) is 5.30. The van der Waals surface area contributed by atoms with Gasteiger partial charge in [0, 0.05) is 38.0 Å². The van der Waals surface area contributed by atoms with E-state index in [0.29, 0.717) is 5.69 Å². The van der Waals surface area contributed by atoms with Crippen LogP contribution in [0.4, 0.5) is 0 Å². The highest BCUT2D eigenvalue weighted by atomic mass is 16.2. The maximum atomic E-state index is 12.5. The number of amides is 1. The van der Waals surface area contributed by atoms with Crippen molar-refractivity contribution >= 4 is 11.7 Å². The smallest absolute Gasteiger partial charge is 0.271 e. The number of nitriles is 1. The summed E-state index contributed by atoms with van der Waals surface area (Å²) in [6.45, 7) is 3.93. The number of allylic oxidation sites excluding steroid dienone is 2. The minimum Gasteiger partial charge on any atom is -0.343 e. The molecule has 24 heavy (non-hydrogen) atoms. The fraction of sp³-hybridized carbons (Fsp3) is 0.556. The first-order chi connectivity index (χ1) is 11.2. The van der Waals surface area contributed by atoms with E-state index in [1.54, 1.807) is 36.8 Å². The number of hydrogen-bond acceptors (Lipinski definition) is 4. The monoisotopic (exact) mass is 326 g/mol. The Hall–Kier alpha value is -2.42. The molecule has 0 radical (unpaired) electrons. The van der Waals surface area contributed by atoms with Crippen LogP contribution in [0.3, 0.4) is 0 Å². The van der Waals surface area contributed by atoms with Crippen molar-refractivity contribution in [2.45, 2.75) is 32.1 Å². The first kappa shape index (κ1) is 16.4. The van der Waals surface area contributed by atoms with Crippen LogP contribution >= 0.6 is 0 Å². The Bertz CT molecular complexity index is 812. The summed E-state index contributed by atoms with van der Waals surface area (Å²) in [5.41, 5.74) is 2.10. The van der Waals surface area contributed by atoms with Crippen molar-refractivity contribution in [3.8, 4) is 6.07 Å². The van der Waals surface area contributed by atoms with Crippen molar-refractivity contribution < 1.29 is 9.59 Å². The molecule has 0 fully saturated rings. The lowest BCUT2D eigenvalue weighted by Crippen LogP contribution is -2.45. The molecule has 6 heteroatoms. The molecule has 0 bridgehead atoms. The molecule has 2 aliphatic carbocycles. The molecule has 0 saturated heterocycles. The van der Waals surface area contributed by atoms with Crippen LogP contribution in [-0.2, 0) is 23.7 Å². The highest BCUT2D eigenvalue weighted by Crippen LogP contribution is 2.49. The van der Waals surface area contributed by atoms with Gasteiger partial charge in [0.15, 0.2) is 5.78 Å². The normalized spacial score (nSPS) is 28.5. The number of carbonyl (C=O) groups is 2. The lowest BCUT2D eigenvalue weighted by molar-refractivity contribution is -0.121. The van der Waals surface area contributed by atoms with Crippen molar-refractivity contribution in [2.24, 2.45) is 18.9 Å². The lowest BCUT2D eigenvalue weighted by atomic mass is 9.58. The lowest BCUT2D eigenvalue weighted by Gasteiger charge is -2.44. The second-order valence-corrected chi connectivity index (χ2v) is 7.25. The number of fused-ring (bicyclic) bond motifs is 3. The molecule has 1 aromatic heterocycles. The predicted octanol–water partition coefficient (Wildman–Crippen LogP) is 1.61. The SMILES string of the molecule is C[C@@H]1C(=O)C(C#N)=C[C@]2(C)c3nn(C)c(C(=O)N(C)C)c3CCC12. The molecule has 0 aliphatic heterocycles. The van der Waals surface area contributed by atoms with Gasteiger partial charge in [0.2, 0.25) is 0 Å². The van der Waals surface area contributed by atoms with Crippen LogP contribution < -0.4 is 0 Å². The minimum absolute atomic E-state index is 0.0716. The van der Waals surface area contributed by atoms with Crippen molar-refractivity contribution in [2.75, 3.05) is 14.1 Å². The van der Waals surface area contributed by atoms with E-state index in [1.807, 2.05) is 19.9 Å². The molecule has 3 atom stereocenters. The Kier molecular flexibility index (Phi) is 3.63. The summed E-state index contributed by atoms with van der Waals surface area (Å²) in [6, 6.07) is 2.04. The topological polar surface area (TPSA) is 79.0 Å². The zero-order chi connectivity index (χ0) is 17.8. The first-order valence-electron chi connectivity index (χ1n) is 8.17. The highest BCUT2D eigenvalue weighted by Gasteiger charge is 2.50. The zero-order valence-electron chi connectivity index (χ0n) is 14.8. The van der Waals surface area contributed by atoms with Crippen molar-refractivity contribution in [1.82, 2.24) is 14.7 Å². The van der Waals surface area contributed by atoms with Gasteiger partial charge in [-0.3, -0.25) is 14.3 Å². The van der Waals surface area contributed by atoms with E-state index in [2.05, 4.69) is 5.10 Å². The third-order valence-electron chi connectivity index (χ3n) is 5.59. The number of carbonyl (C=O) groups excluding carboxylic acids is 2. The van der Waals surface area contributed by atoms with Crippen LogP contribution in [0.2, 0.25) is 0 Å². The van der Waals surface area contributed by atoms with Gasteiger partial charge in [-0.15, -0.1) is 0 Å². The van der Waals surface area contributed by atoms with Crippen LogP contribution in [0.1, 0.15) is 42.0 Å². The van der Waals surface area contributed by atoms with Crippen molar-refractivity contribution in [3.05, 3.63) is 28.6 Å². The molecule has 2 aliphatic rings. The van der Waals surface area contributed by atoms with Gasteiger partial charge in [-0.2, -0.15) is 10.4 Å². The minimum atomic E-state index is -0.491. The van der Waals surface area contributed by atoms with E-state index in [1.165, 1.54) is 0 Å². The third kappa shape index (κ3) is 2.04. The molecule has 3 rings (SSSR count). The van der Waals surface area contributed by atoms with Crippen LogP contribution in [-0.4, -0.2) is 40.5 Å². The Balaban J connectivity index is 2.23. The summed E-state index contributed by atoms with van der Waals surface area (Å²) in [4.78, 5) is 26.5. The standard InChI is InChI=1S/C18H22N4O2/c1-10-13-7-6-12-14(17(24)21(3)4)22(5)20-16(12)18(13,2)8-11(9-19)15(10)23/h8,10,13H,6-7H2,1-5H3/t10-,13?,18-/m0/s1. The van der Waals surface area contributed by atoms with E-state index in [4.69, 9.17) is 0 Å². The summed E-state index contributed by atoms with van der Waals surface area (Å²) in [5, 5.41) is 14.0. The van der Waals surface area contributed by atoms with Gasteiger partial charge in [-0.25, -0.2) is 0 Å². The molecule has 1 heterocycles. The summed E-state index contributed by atoms with van der Waals surface area (Å²) in [6.07, 6.45) is 3.31. The van der Waals surface area contributed by atoms with Crippen LogP contribution in [0.15, 0.2) is 11.6 Å². The van der Waals surface area contributed by atoms with Gasteiger partial charge in [-0.05, 0) is 18.8 Å². The molecule has 0 saturated carbocycles. The molecular formula is C18H22N4O2. The van der Waals surface area contributed by atoms with Gasteiger partial charge in [0.05, 0.1) is 11.3 Å². The van der Waals surface area contributed by atoms with Crippen molar-refractivity contribution in [3.63, 3.8) is 0 Å². The zero-order valence-corrected chi connectivity index (χ0v) is 14.8. The summed E-state index contributed by atoms with van der Waals surface area (Å²) in [5.74, 6) is -0.258. The Morgan fingerprint density at radius 3 is 2.75 bits per heavy atom. The number of Topliss-reactive ketones (excluding diaryl/α,β-unsaturated/α-hetero) is 1. The number of ketones is 1. The third-order valence-corrected chi connectivity index (χ3v) is 5.59. The number of aromatic nitrogens is 2. The molecule has 1 aromatic rings. The predicted molar refractivity (Wildman–Crippen MR) is 88.3 cm³/mol. The molecule has 6 nitrogen and oxygen atoms in total. The molecule has 1 amide bonds. The highest BCUT2D eigenvalue weighted by molar-refractivity contribution is 6.02. The second-order valence-electron chi connectivity index (χ2n) is 7.25. The number of nitrogens with zero attached hydrogens (tertiary/aromatic N) is 4. The van der Waals surface area contributed by atoms with Crippen molar-refractivity contribution in [1.29, 1.82) is 5.26 Å². The van der Waals surface area contributed by atoms with E-state index >= 15 is 0 Å². The summed E-state index contributed by atoms with van der Waals surface area (Å²) < 4.78 is 1.64. The maximum Gasteiger partial charge on any atom is 0.271 e. The Morgan fingerprint density at radius 1 is 1.50 bits per heavy atom. The molecule has 0 N–H and O–H groups in total. The number of hydrogen-bond donors (Lipinski definition) is 0. The van der Waals surface area contributed by atoms with E-state index in [-0.39, 0.29) is 29.1 Å². The van der Waals surface area contributed by atoms with Gasteiger partial charge >= 0.3 is 0 Å². The fourth-order valence-corrected chi connectivity index (χ4v) is 4.32. The molecule has 0 aromatic carbocycles. The van der Waals surface area contributed by atoms with E-state index in [9.17, 15) is 14.9 Å². The quantitative estimate of drug-likeness (QED) is 0.785. The summed E-state index contributed by atoms with van der Waals surface area (Å²) >= 11 is 0. The van der Waals surface area contributed by atoms with E-state index < -0.39 is 5.41 Å². The average molecular weight is 326 g/mol. The molecule has 0 spiro atoms. The fourth-order valence-electron chi connectivity index (χ4n) is 4.32. The number of rotatable bonds is 1. The van der Waals surface area contributed by atoms with Gasteiger partial charge < -0.3 is 4.90 Å². The van der Waals surface area contributed by atoms with Gasteiger partial charge in [0.25, 0.3) is 5.91 Å². The van der Waals surface area contributed by atoms with Crippen LogP contribution in [0.5, 0.6) is 0 Å². The largest absolute Gasteiger partial charge is 0.343 e. The van der Waals surface area contributed by atoms with E-state index in [0.717, 1.165) is 24.1 Å². The average Bonchev–Trinajstić information content (AvgIpc) is 2.87. The maximum absolute atomic E-state index is 12.5. The number of aryl methyl sites for hydroxylation is 1. The van der Waals surface area contributed by atoms with Gasteiger partial charge in [0.1, 0.15) is 11.8 Å². The van der Waals surface area contributed by atoms with Crippen LogP contribution in [0, 0.1) is 23.2 Å². The van der Waals surface area contributed by atoms with Gasteiger partial charge in [-0.1, -0.05) is 19.9 Å². The molecular weight excluding hydrogens is 304 g/mol. The Morgan fingerprint density at radius 2 is 2.17 bits per heavy atom. The Labute approximate surface area is 141 Å². The summed E-state index contributed by atoms with van der Waals surface area (Å²) in [7, 11) is 5.23. The first-order valence-corrected chi connectivity index (χ1v) is 8.17. The molecule has 1 unspecified atom stereocenters. The molecule has 126 valence electrons. The van der Waals surface area contributed by atoms with Crippen LogP contribution in [0.25, 0.3) is 0 Å².